The van der Waals surface area contributed by atoms with E-state index in [1.807, 2.05) is 4.72 Å². The summed E-state index contributed by atoms with van der Waals surface area (Å²) in [7, 11) is -2.86. The van der Waals surface area contributed by atoms with Gasteiger partial charge in [-0.25, -0.2) is 17.9 Å². The van der Waals surface area contributed by atoms with Crippen LogP contribution >= 0.6 is 0 Å². The van der Waals surface area contributed by atoms with E-state index in [1.54, 1.807) is 19.9 Å². The predicted molar refractivity (Wildman–Crippen MR) is 97.3 cm³/mol. The van der Waals surface area contributed by atoms with Crippen LogP contribution in [0.5, 0.6) is 11.8 Å². The van der Waals surface area contributed by atoms with E-state index in [2.05, 4.69) is 26.8 Å². The van der Waals surface area contributed by atoms with Crippen LogP contribution in [0, 0.1) is 13.8 Å². The Morgan fingerprint density at radius 1 is 1.26 bits per heavy atom. The van der Waals surface area contributed by atoms with Gasteiger partial charge in [-0.1, -0.05) is 18.7 Å². The maximum atomic E-state index is 12.6. The van der Waals surface area contributed by atoms with Gasteiger partial charge in [0.15, 0.2) is 0 Å². The van der Waals surface area contributed by atoms with Crippen LogP contribution in [-0.2, 0) is 10.0 Å². The van der Waals surface area contributed by atoms with Gasteiger partial charge in [-0.15, -0.1) is 0 Å². The van der Waals surface area contributed by atoms with E-state index >= 15 is 0 Å². The van der Waals surface area contributed by atoms with Crippen molar-refractivity contribution in [3.05, 3.63) is 42.2 Å². The largest absolute Gasteiger partial charge is 0.488 e. The van der Waals surface area contributed by atoms with Crippen LogP contribution in [0.15, 0.2) is 35.7 Å². The van der Waals surface area contributed by atoms with Gasteiger partial charge in [0.25, 0.3) is 10.0 Å². The van der Waals surface area contributed by atoms with Crippen molar-refractivity contribution < 1.29 is 22.7 Å². The molecule has 0 aliphatic carbocycles. The quantitative estimate of drug-likeness (QED) is 0.678. The first-order chi connectivity index (χ1) is 12.7. The zero-order valence-corrected chi connectivity index (χ0v) is 15.8. The number of carbonyl (C=O) groups is 1. The third-order valence-corrected chi connectivity index (χ3v) is 4.46. The van der Waals surface area contributed by atoms with Crippen molar-refractivity contribution in [1.82, 2.24) is 19.7 Å². The second-order valence-electron chi connectivity index (χ2n) is 5.30. The van der Waals surface area contributed by atoms with Gasteiger partial charge in [-0.2, -0.15) is 15.0 Å². The normalized spacial score (nSPS) is 10.8. The fraction of sp³-hybridized carbons (Fsp3) is 0.250. The molecule has 2 rings (SSSR count). The molecule has 11 heteroatoms. The Morgan fingerprint density at radius 2 is 2.00 bits per heavy atom. The summed E-state index contributed by atoms with van der Waals surface area (Å²) >= 11 is 0. The number of nitrogens with one attached hydrogen (secondary N) is 2. The van der Waals surface area contributed by atoms with Crippen LogP contribution in [-0.4, -0.2) is 43.1 Å². The van der Waals surface area contributed by atoms with Crippen molar-refractivity contribution in [2.75, 3.05) is 19.0 Å². The maximum Gasteiger partial charge on any atom is 0.335 e. The molecule has 2 amide bonds. The lowest BCUT2D eigenvalue weighted by Crippen LogP contribution is -2.35. The first-order valence-corrected chi connectivity index (χ1v) is 9.18. The summed E-state index contributed by atoms with van der Waals surface area (Å²) in [6.07, 6.45) is 1.48. The summed E-state index contributed by atoms with van der Waals surface area (Å²) < 4.78 is 37.3. The van der Waals surface area contributed by atoms with Crippen LogP contribution in [0.3, 0.4) is 0 Å². The highest BCUT2D eigenvalue weighted by Crippen LogP contribution is 2.25. The molecule has 2 N–H and O–H groups in total. The number of benzene rings is 1. The number of rotatable bonds is 7. The van der Waals surface area contributed by atoms with E-state index in [0.717, 1.165) is 0 Å². The molecule has 0 bridgehead atoms. The van der Waals surface area contributed by atoms with E-state index in [4.69, 9.17) is 9.47 Å². The number of aryl methyl sites for hydroxylation is 2. The van der Waals surface area contributed by atoms with E-state index < -0.39 is 16.1 Å². The molecular formula is C16H19N5O5S. The molecule has 1 aromatic carbocycles. The third kappa shape index (κ3) is 5.38. The summed E-state index contributed by atoms with van der Waals surface area (Å²) in [6.45, 7) is 6.92. The monoisotopic (exact) mass is 393 g/mol. The molecule has 0 fully saturated rings. The van der Waals surface area contributed by atoms with Crippen LogP contribution in [0.4, 0.5) is 10.7 Å². The van der Waals surface area contributed by atoms with Crippen molar-refractivity contribution >= 4 is 22.0 Å². The molecule has 10 nitrogen and oxygen atoms in total. The number of carbonyl (C=O) groups excluding carboxylic acids is 1. The Morgan fingerprint density at radius 3 is 2.67 bits per heavy atom. The minimum Gasteiger partial charge on any atom is -0.488 e. The number of nitrogens with zero attached hydrogens (tertiary/aromatic N) is 3. The van der Waals surface area contributed by atoms with Gasteiger partial charge in [-0.05, 0) is 31.5 Å². The summed E-state index contributed by atoms with van der Waals surface area (Å²) in [5, 5.41) is 2.23. The van der Waals surface area contributed by atoms with E-state index in [-0.39, 0.29) is 29.2 Å². The highest BCUT2D eigenvalue weighted by Gasteiger charge is 2.23. The number of aromatic nitrogens is 3. The van der Waals surface area contributed by atoms with E-state index in [9.17, 15) is 13.2 Å². The summed E-state index contributed by atoms with van der Waals surface area (Å²) in [6, 6.07) is 3.53. The average Bonchev–Trinajstić information content (AvgIpc) is 2.59. The molecule has 0 saturated heterocycles. The lowest BCUT2D eigenvalue weighted by Gasteiger charge is -2.13. The topological polar surface area (TPSA) is 132 Å². The van der Waals surface area contributed by atoms with Crippen LogP contribution in [0.25, 0.3) is 0 Å². The number of sulfonamides is 1. The van der Waals surface area contributed by atoms with E-state index in [1.165, 1.54) is 25.3 Å². The van der Waals surface area contributed by atoms with Gasteiger partial charge >= 0.3 is 12.0 Å². The fourth-order valence-corrected chi connectivity index (χ4v) is 3.14. The molecule has 144 valence electrons. The Kier molecular flexibility index (Phi) is 6.29. The molecular weight excluding hydrogens is 374 g/mol. The molecule has 27 heavy (non-hydrogen) atoms. The zero-order valence-electron chi connectivity index (χ0n) is 15.0. The first kappa shape index (κ1) is 20.1. The molecule has 1 aromatic heterocycles. The standard InChI is InChI=1S/C16H19N5O5S/c1-5-8-26-12-7-6-10(2)9-13(12)27(23,24)21-15(22)19-14-17-11(3)18-16(20-14)25-4/h5-7,9H,1,8H2,2-4H3,(H2,17,18,19,20,21,22). The molecule has 0 saturated carbocycles. The molecule has 1 heterocycles. The average molecular weight is 393 g/mol. The molecule has 0 aliphatic heterocycles. The molecule has 0 radical (unpaired) electrons. The minimum atomic E-state index is -4.21. The Labute approximate surface area is 156 Å². The summed E-state index contributed by atoms with van der Waals surface area (Å²) in [5.74, 6) is 0.233. The highest BCUT2D eigenvalue weighted by atomic mass is 32.2. The second-order valence-corrected chi connectivity index (χ2v) is 6.95. The van der Waals surface area contributed by atoms with Gasteiger partial charge in [0.05, 0.1) is 7.11 Å². The van der Waals surface area contributed by atoms with Crippen molar-refractivity contribution in [3.63, 3.8) is 0 Å². The second kappa shape index (κ2) is 8.45. The lowest BCUT2D eigenvalue weighted by atomic mass is 10.2. The Balaban J connectivity index is 2.23. The summed E-state index contributed by atoms with van der Waals surface area (Å²) in [4.78, 5) is 23.5. The van der Waals surface area contributed by atoms with Gasteiger partial charge in [0.1, 0.15) is 23.1 Å². The number of amides is 2. The number of urea groups is 1. The van der Waals surface area contributed by atoms with Crippen LogP contribution in [0.2, 0.25) is 0 Å². The predicted octanol–water partition coefficient (Wildman–Crippen LogP) is 1.57. The number of methoxy groups -OCH3 is 1. The van der Waals surface area contributed by atoms with Crippen molar-refractivity contribution in [2.24, 2.45) is 0 Å². The highest BCUT2D eigenvalue weighted by molar-refractivity contribution is 7.90. The third-order valence-electron chi connectivity index (χ3n) is 3.11. The molecule has 0 aliphatic rings. The van der Waals surface area contributed by atoms with Gasteiger partial charge < -0.3 is 9.47 Å². The van der Waals surface area contributed by atoms with E-state index in [0.29, 0.717) is 11.4 Å². The number of anilines is 1. The number of hydrogen-bond donors (Lipinski definition) is 2. The van der Waals surface area contributed by atoms with Gasteiger partial charge in [0.2, 0.25) is 5.95 Å². The number of ether oxygens (including phenoxy) is 2. The molecule has 0 atom stereocenters. The summed E-state index contributed by atoms with van der Waals surface area (Å²) in [5.41, 5.74) is 0.680. The van der Waals surface area contributed by atoms with Crippen LogP contribution in [0.1, 0.15) is 11.4 Å². The van der Waals surface area contributed by atoms with Crippen molar-refractivity contribution in [3.8, 4) is 11.8 Å². The molecule has 2 aromatic rings. The van der Waals surface area contributed by atoms with Crippen LogP contribution < -0.4 is 19.5 Å². The molecule has 0 spiro atoms. The van der Waals surface area contributed by atoms with Gasteiger partial charge in [0, 0.05) is 0 Å². The van der Waals surface area contributed by atoms with Gasteiger partial charge in [-0.3, -0.25) is 5.32 Å². The SMILES string of the molecule is C=CCOc1ccc(C)cc1S(=O)(=O)NC(=O)Nc1nc(C)nc(OC)n1. The fourth-order valence-electron chi connectivity index (χ4n) is 2.00. The lowest BCUT2D eigenvalue weighted by molar-refractivity contribution is 0.256. The first-order valence-electron chi connectivity index (χ1n) is 7.70. The zero-order chi connectivity index (χ0) is 20.0. The smallest absolute Gasteiger partial charge is 0.335 e. The number of hydrogen-bond acceptors (Lipinski definition) is 8. The van der Waals surface area contributed by atoms with Crippen molar-refractivity contribution in [1.29, 1.82) is 0 Å². The Hall–Kier alpha value is -3.21. The van der Waals surface area contributed by atoms with Crippen molar-refractivity contribution in [2.45, 2.75) is 18.7 Å². The molecule has 0 unspecified atom stereocenters. The maximum absolute atomic E-state index is 12.6. The Bertz CT molecular complexity index is 962. The minimum absolute atomic E-state index is 0.0144.